The van der Waals surface area contributed by atoms with E-state index >= 15 is 0 Å². The fourth-order valence-electron chi connectivity index (χ4n) is 2.40. The van der Waals surface area contributed by atoms with Crippen LogP contribution in [0.2, 0.25) is 0 Å². The number of aryl methyl sites for hydroxylation is 1. The van der Waals surface area contributed by atoms with Crippen LogP contribution < -0.4 is 5.32 Å². The minimum Gasteiger partial charge on any atom is -0.381 e. The first kappa shape index (κ1) is 13.5. The first-order valence-electron chi connectivity index (χ1n) is 6.29. The average Bonchev–Trinajstić information content (AvgIpc) is 2.67. The molecule has 2 nitrogen and oxygen atoms in total. The summed E-state index contributed by atoms with van der Waals surface area (Å²) in [5.41, 5.74) is 0. The Balaban J connectivity index is 2.15. The van der Waals surface area contributed by atoms with E-state index in [9.17, 15) is 0 Å². The Morgan fingerprint density at radius 2 is 2.24 bits per heavy atom. The summed E-state index contributed by atoms with van der Waals surface area (Å²) in [5.74, 6) is 0.716. The summed E-state index contributed by atoms with van der Waals surface area (Å²) in [6, 6.07) is 2.78. The molecule has 1 fully saturated rings. The average molecular weight is 318 g/mol. The van der Waals surface area contributed by atoms with Gasteiger partial charge in [-0.15, -0.1) is 11.3 Å². The van der Waals surface area contributed by atoms with Crippen molar-refractivity contribution in [2.45, 2.75) is 32.7 Å². The molecule has 1 aliphatic heterocycles. The molecule has 96 valence electrons. The molecule has 1 N–H and O–H groups in total. The molecule has 2 heterocycles. The van der Waals surface area contributed by atoms with Crippen LogP contribution in [0, 0.1) is 12.8 Å². The third-order valence-electron chi connectivity index (χ3n) is 3.34. The van der Waals surface area contributed by atoms with E-state index in [1.807, 2.05) is 11.3 Å². The summed E-state index contributed by atoms with van der Waals surface area (Å²) in [4.78, 5) is 2.83. The highest BCUT2D eigenvalue weighted by molar-refractivity contribution is 9.10. The van der Waals surface area contributed by atoms with Gasteiger partial charge >= 0.3 is 0 Å². The van der Waals surface area contributed by atoms with Crippen LogP contribution in [0.25, 0.3) is 0 Å². The van der Waals surface area contributed by atoms with E-state index < -0.39 is 0 Å². The van der Waals surface area contributed by atoms with E-state index in [4.69, 9.17) is 4.74 Å². The summed E-state index contributed by atoms with van der Waals surface area (Å²) < 4.78 is 6.70. The summed E-state index contributed by atoms with van der Waals surface area (Å²) >= 11 is 5.52. The zero-order valence-electron chi connectivity index (χ0n) is 10.5. The second-order valence-electron chi connectivity index (χ2n) is 4.54. The van der Waals surface area contributed by atoms with Gasteiger partial charge in [0, 0.05) is 33.5 Å². The molecule has 0 saturated carbocycles. The largest absolute Gasteiger partial charge is 0.381 e. The van der Waals surface area contributed by atoms with Crippen LogP contribution in [0.4, 0.5) is 0 Å². The van der Waals surface area contributed by atoms with Crippen LogP contribution in [-0.2, 0) is 4.74 Å². The highest BCUT2D eigenvalue weighted by Crippen LogP contribution is 2.37. The lowest BCUT2D eigenvalue weighted by Gasteiger charge is -2.30. The first-order chi connectivity index (χ1) is 8.22. The monoisotopic (exact) mass is 317 g/mol. The Morgan fingerprint density at radius 1 is 1.53 bits per heavy atom. The van der Waals surface area contributed by atoms with Crippen LogP contribution in [0.5, 0.6) is 0 Å². The predicted octanol–water partition coefficient (Wildman–Crippen LogP) is 3.90. The smallest absolute Gasteiger partial charge is 0.0469 e. The van der Waals surface area contributed by atoms with Gasteiger partial charge in [0.1, 0.15) is 0 Å². The molecular formula is C13H20BrNOS. The van der Waals surface area contributed by atoms with Crippen molar-refractivity contribution < 1.29 is 4.74 Å². The van der Waals surface area contributed by atoms with Gasteiger partial charge < -0.3 is 10.1 Å². The number of rotatable bonds is 4. The number of nitrogens with one attached hydrogen (secondary N) is 1. The van der Waals surface area contributed by atoms with Gasteiger partial charge in [0.2, 0.25) is 0 Å². The van der Waals surface area contributed by atoms with Gasteiger partial charge in [-0.2, -0.15) is 0 Å². The Bertz CT molecular complexity index is 341. The topological polar surface area (TPSA) is 21.3 Å². The van der Waals surface area contributed by atoms with Crippen molar-refractivity contribution in [3.8, 4) is 0 Å². The van der Waals surface area contributed by atoms with Crippen LogP contribution >= 0.6 is 27.3 Å². The zero-order valence-corrected chi connectivity index (χ0v) is 12.9. The van der Waals surface area contributed by atoms with Gasteiger partial charge in [0.15, 0.2) is 0 Å². The summed E-state index contributed by atoms with van der Waals surface area (Å²) in [6.07, 6.45) is 2.35. The molecule has 1 atom stereocenters. The minimum absolute atomic E-state index is 0.499. The molecule has 0 spiro atoms. The normalized spacial score (nSPS) is 19.5. The highest BCUT2D eigenvalue weighted by Gasteiger charge is 2.26. The Morgan fingerprint density at radius 3 is 2.76 bits per heavy atom. The number of hydrogen-bond acceptors (Lipinski definition) is 3. The molecule has 1 aromatic heterocycles. The quantitative estimate of drug-likeness (QED) is 0.909. The molecule has 1 aromatic rings. The van der Waals surface area contributed by atoms with E-state index in [0.717, 1.165) is 19.8 Å². The molecule has 0 amide bonds. The van der Waals surface area contributed by atoms with Crippen molar-refractivity contribution in [2.24, 2.45) is 5.92 Å². The lowest BCUT2D eigenvalue weighted by atomic mass is 9.90. The molecule has 0 aliphatic carbocycles. The van der Waals surface area contributed by atoms with Gasteiger partial charge in [-0.1, -0.05) is 6.92 Å². The van der Waals surface area contributed by atoms with Crippen molar-refractivity contribution in [3.63, 3.8) is 0 Å². The van der Waals surface area contributed by atoms with Gasteiger partial charge in [-0.25, -0.2) is 0 Å². The maximum absolute atomic E-state index is 5.46. The summed E-state index contributed by atoms with van der Waals surface area (Å²) in [6.45, 7) is 7.21. The minimum atomic E-state index is 0.499. The van der Waals surface area contributed by atoms with Crippen LogP contribution in [0.3, 0.4) is 0 Å². The van der Waals surface area contributed by atoms with E-state index in [-0.39, 0.29) is 0 Å². The van der Waals surface area contributed by atoms with Crippen LogP contribution in [0.15, 0.2) is 10.5 Å². The second-order valence-corrected chi connectivity index (χ2v) is 6.68. The molecule has 2 rings (SSSR count). The number of thiophene rings is 1. The van der Waals surface area contributed by atoms with Crippen molar-refractivity contribution in [3.05, 3.63) is 20.3 Å². The maximum Gasteiger partial charge on any atom is 0.0469 e. The highest BCUT2D eigenvalue weighted by atomic mass is 79.9. The van der Waals surface area contributed by atoms with Crippen LogP contribution in [0.1, 0.15) is 35.6 Å². The summed E-state index contributed by atoms with van der Waals surface area (Å²) in [7, 11) is 0. The molecule has 1 saturated heterocycles. The summed E-state index contributed by atoms with van der Waals surface area (Å²) in [5, 5.41) is 3.64. The molecule has 1 aliphatic rings. The predicted molar refractivity (Wildman–Crippen MR) is 76.7 cm³/mol. The SMILES string of the molecule is CCNC(c1cc(Br)c(C)s1)C1CCOCC1. The Kier molecular flexibility index (Phi) is 5.03. The van der Waals surface area contributed by atoms with Crippen LogP contribution in [-0.4, -0.2) is 19.8 Å². The third-order valence-corrected chi connectivity index (χ3v) is 5.56. The third kappa shape index (κ3) is 3.31. The Hall–Kier alpha value is 0.1000. The fraction of sp³-hybridized carbons (Fsp3) is 0.692. The molecule has 4 heteroatoms. The second kappa shape index (κ2) is 6.32. The lowest BCUT2D eigenvalue weighted by molar-refractivity contribution is 0.0542. The van der Waals surface area contributed by atoms with E-state index in [1.54, 1.807) is 0 Å². The Labute approximate surface area is 116 Å². The first-order valence-corrected chi connectivity index (χ1v) is 7.90. The van der Waals surface area contributed by atoms with Gasteiger partial charge in [0.05, 0.1) is 0 Å². The maximum atomic E-state index is 5.46. The lowest BCUT2D eigenvalue weighted by Crippen LogP contribution is -2.31. The molecule has 17 heavy (non-hydrogen) atoms. The van der Waals surface area contributed by atoms with E-state index in [2.05, 4.69) is 41.2 Å². The van der Waals surface area contributed by atoms with Crippen molar-refractivity contribution in [1.29, 1.82) is 0 Å². The van der Waals surface area contributed by atoms with E-state index in [1.165, 1.54) is 27.1 Å². The van der Waals surface area contributed by atoms with Gasteiger partial charge in [0.25, 0.3) is 0 Å². The molecule has 0 radical (unpaired) electrons. The number of ether oxygens (including phenoxy) is 1. The van der Waals surface area contributed by atoms with Gasteiger partial charge in [-0.3, -0.25) is 0 Å². The van der Waals surface area contributed by atoms with Crippen molar-refractivity contribution in [2.75, 3.05) is 19.8 Å². The van der Waals surface area contributed by atoms with Crippen molar-refractivity contribution >= 4 is 27.3 Å². The van der Waals surface area contributed by atoms with E-state index in [0.29, 0.717) is 12.0 Å². The molecule has 0 bridgehead atoms. The van der Waals surface area contributed by atoms with Crippen molar-refractivity contribution in [1.82, 2.24) is 5.32 Å². The fourth-order valence-corrected chi connectivity index (χ4v) is 4.13. The molecular weight excluding hydrogens is 298 g/mol. The number of halogens is 1. The molecule has 1 unspecified atom stereocenters. The molecule has 0 aromatic carbocycles. The standard InChI is InChI=1S/C13H20BrNOS/c1-3-15-13(10-4-6-16-7-5-10)12-8-11(14)9(2)17-12/h8,10,13,15H,3-7H2,1-2H3. The zero-order chi connectivity index (χ0) is 12.3. The number of hydrogen-bond donors (Lipinski definition) is 1. The van der Waals surface area contributed by atoms with Gasteiger partial charge in [-0.05, 0) is 54.2 Å².